The molecule has 0 unspecified atom stereocenters. The zero-order valence-electron chi connectivity index (χ0n) is 22.8. The molecule has 1 saturated heterocycles. The van der Waals surface area contributed by atoms with Crippen LogP contribution in [0, 0.1) is 6.92 Å². The number of anilines is 6. The number of hydrogen-bond donors (Lipinski definition) is 2. The first-order valence-electron chi connectivity index (χ1n) is 13.2. The number of aromatic nitrogens is 3. The number of aryl methyl sites for hydroxylation is 1. The second kappa shape index (κ2) is 10.4. The van der Waals surface area contributed by atoms with Crippen LogP contribution >= 0.6 is 0 Å². The molecular weight excluding hydrogens is 480 g/mol. The SMILES string of the molecule is CCCN1C(=O)C(C)(C)Oc2ccc(Nc3nc(Nc4ccc(N5CCN(C)CC5)nc4)ncc3C)cc21. The fourth-order valence-corrected chi connectivity index (χ4v) is 4.67. The van der Waals surface area contributed by atoms with Crippen LogP contribution in [-0.2, 0) is 4.79 Å². The van der Waals surface area contributed by atoms with E-state index in [1.807, 2.05) is 48.4 Å². The largest absolute Gasteiger partial charge is 0.476 e. The molecule has 3 aromatic rings. The predicted molar refractivity (Wildman–Crippen MR) is 151 cm³/mol. The molecule has 200 valence electrons. The number of amides is 1. The summed E-state index contributed by atoms with van der Waals surface area (Å²) in [6.45, 7) is 12.3. The molecule has 0 atom stereocenters. The minimum Gasteiger partial charge on any atom is -0.476 e. The summed E-state index contributed by atoms with van der Waals surface area (Å²) in [5, 5.41) is 6.65. The number of benzene rings is 1. The molecule has 0 radical (unpaired) electrons. The second-order valence-electron chi connectivity index (χ2n) is 10.4. The monoisotopic (exact) mass is 516 g/mol. The Bertz CT molecular complexity index is 1300. The smallest absolute Gasteiger partial charge is 0.270 e. The molecule has 10 heteroatoms. The molecule has 2 N–H and O–H groups in total. The number of nitrogens with zero attached hydrogens (tertiary/aromatic N) is 6. The van der Waals surface area contributed by atoms with Crippen molar-refractivity contribution in [1.29, 1.82) is 0 Å². The van der Waals surface area contributed by atoms with Crippen molar-refractivity contribution in [2.75, 3.05) is 60.2 Å². The zero-order valence-corrected chi connectivity index (χ0v) is 22.8. The lowest BCUT2D eigenvalue weighted by Gasteiger charge is -2.39. The molecule has 0 spiro atoms. The van der Waals surface area contributed by atoms with E-state index < -0.39 is 5.60 Å². The van der Waals surface area contributed by atoms with Gasteiger partial charge in [0.2, 0.25) is 5.95 Å². The molecular formula is C28H36N8O2. The first-order chi connectivity index (χ1) is 18.2. The first-order valence-corrected chi connectivity index (χ1v) is 13.2. The molecule has 5 rings (SSSR count). The third-order valence-electron chi connectivity index (χ3n) is 6.89. The summed E-state index contributed by atoms with van der Waals surface area (Å²) < 4.78 is 6.01. The topological polar surface area (TPSA) is 98.7 Å². The Morgan fingerprint density at radius 3 is 2.47 bits per heavy atom. The number of carbonyl (C=O) groups is 1. The van der Waals surface area contributed by atoms with E-state index in [0.717, 1.165) is 61.0 Å². The Hall–Kier alpha value is -3.92. The normalized spacial score (nSPS) is 17.1. The summed E-state index contributed by atoms with van der Waals surface area (Å²) >= 11 is 0. The molecule has 10 nitrogen and oxygen atoms in total. The average molecular weight is 517 g/mol. The highest BCUT2D eigenvalue weighted by atomic mass is 16.5. The van der Waals surface area contributed by atoms with Crippen molar-refractivity contribution < 1.29 is 9.53 Å². The quantitative estimate of drug-likeness (QED) is 0.475. The Balaban J connectivity index is 1.32. The molecule has 0 aliphatic carbocycles. The predicted octanol–water partition coefficient (Wildman–Crippen LogP) is 4.33. The standard InChI is InChI=1S/C28H36N8O2/c1-6-11-36-22-16-20(7-9-23(22)38-28(3,4)26(36)37)31-25-19(2)17-30-27(33-25)32-21-8-10-24(29-18-21)35-14-12-34(5)13-15-35/h7-10,16-18H,6,11-15H2,1-5H3,(H2,30,31,32,33). The van der Waals surface area contributed by atoms with E-state index in [0.29, 0.717) is 24.1 Å². The van der Waals surface area contributed by atoms with Gasteiger partial charge in [0, 0.05) is 50.2 Å². The van der Waals surface area contributed by atoms with Crippen molar-refractivity contribution >= 4 is 40.6 Å². The van der Waals surface area contributed by atoms with Gasteiger partial charge in [-0.2, -0.15) is 4.98 Å². The van der Waals surface area contributed by atoms with Crippen molar-refractivity contribution in [1.82, 2.24) is 19.9 Å². The van der Waals surface area contributed by atoms with Crippen molar-refractivity contribution in [2.24, 2.45) is 0 Å². The second-order valence-corrected chi connectivity index (χ2v) is 10.4. The molecule has 2 aliphatic heterocycles. The maximum Gasteiger partial charge on any atom is 0.270 e. The number of fused-ring (bicyclic) bond motifs is 1. The van der Waals surface area contributed by atoms with E-state index in [2.05, 4.69) is 44.4 Å². The number of likely N-dealkylation sites (N-methyl/N-ethyl adjacent to an activating group) is 1. The van der Waals surface area contributed by atoms with Crippen LogP contribution in [0.1, 0.15) is 32.8 Å². The van der Waals surface area contributed by atoms with Crippen LogP contribution in [0.4, 0.5) is 34.6 Å². The zero-order chi connectivity index (χ0) is 26.9. The summed E-state index contributed by atoms with van der Waals surface area (Å²) in [6, 6.07) is 9.80. The van der Waals surface area contributed by atoms with Gasteiger partial charge in [-0.25, -0.2) is 9.97 Å². The number of ether oxygens (including phenoxy) is 1. The number of piperazine rings is 1. The Labute approximate surface area is 224 Å². The fourth-order valence-electron chi connectivity index (χ4n) is 4.67. The maximum absolute atomic E-state index is 13.0. The number of hydrogen-bond acceptors (Lipinski definition) is 9. The van der Waals surface area contributed by atoms with Crippen LogP contribution < -0.4 is 25.2 Å². The lowest BCUT2D eigenvalue weighted by Crippen LogP contribution is -2.52. The molecule has 0 bridgehead atoms. The highest BCUT2D eigenvalue weighted by molar-refractivity contribution is 6.02. The van der Waals surface area contributed by atoms with Gasteiger partial charge in [0.1, 0.15) is 17.4 Å². The van der Waals surface area contributed by atoms with E-state index in [1.165, 1.54) is 0 Å². The van der Waals surface area contributed by atoms with Crippen molar-refractivity contribution in [3.63, 3.8) is 0 Å². The van der Waals surface area contributed by atoms with Crippen LogP contribution in [0.2, 0.25) is 0 Å². The summed E-state index contributed by atoms with van der Waals surface area (Å²) in [5.74, 6) is 2.78. The minimum atomic E-state index is -0.890. The van der Waals surface area contributed by atoms with E-state index in [9.17, 15) is 4.79 Å². The van der Waals surface area contributed by atoms with Gasteiger partial charge in [0.15, 0.2) is 5.60 Å². The van der Waals surface area contributed by atoms with Gasteiger partial charge in [0.05, 0.1) is 17.6 Å². The van der Waals surface area contributed by atoms with E-state index in [1.54, 1.807) is 20.0 Å². The van der Waals surface area contributed by atoms with Crippen molar-refractivity contribution in [3.05, 3.63) is 48.3 Å². The van der Waals surface area contributed by atoms with Crippen LogP contribution in [0.15, 0.2) is 42.7 Å². The van der Waals surface area contributed by atoms with Crippen LogP contribution in [0.25, 0.3) is 0 Å². The molecule has 4 heterocycles. The van der Waals surface area contributed by atoms with Gasteiger partial charge in [-0.15, -0.1) is 0 Å². The summed E-state index contributed by atoms with van der Waals surface area (Å²) in [5.41, 5.74) is 2.40. The fraction of sp³-hybridized carbons (Fsp3) is 0.429. The van der Waals surface area contributed by atoms with Crippen LogP contribution in [0.3, 0.4) is 0 Å². The molecule has 1 aromatic carbocycles. The van der Waals surface area contributed by atoms with Crippen LogP contribution in [0.5, 0.6) is 5.75 Å². The molecule has 38 heavy (non-hydrogen) atoms. The van der Waals surface area contributed by atoms with Gasteiger partial charge in [0.25, 0.3) is 5.91 Å². The number of carbonyl (C=O) groups excluding carboxylic acids is 1. The minimum absolute atomic E-state index is 0.0408. The Morgan fingerprint density at radius 1 is 1.00 bits per heavy atom. The Kier molecular flexibility index (Phi) is 7.07. The molecule has 1 amide bonds. The van der Waals surface area contributed by atoms with Gasteiger partial charge < -0.3 is 30.1 Å². The van der Waals surface area contributed by atoms with Crippen molar-refractivity contribution in [2.45, 2.75) is 39.7 Å². The Morgan fingerprint density at radius 2 is 1.76 bits per heavy atom. The lowest BCUT2D eigenvalue weighted by atomic mass is 10.0. The highest BCUT2D eigenvalue weighted by Gasteiger charge is 2.40. The number of rotatable bonds is 7. The molecule has 2 aliphatic rings. The third-order valence-corrected chi connectivity index (χ3v) is 6.89. The van der Waals surface area contributed by atoms with Gasteiger partial charge in [-0.05, 0) is 64.6 Å². The van der Waals surface area contributed by atoms with Gasteiger partial charge in [-0.3, -0.25) is 4.79 Å². The summed E-state index contributed by atoms with van der Waals surface area (Å²) in [4.78, 5) is 33.2. The van der Waals surface area contributed by atoms with Gasteiger partial charge >= 0.3 is 0 Å². The number of pyridine rings is 1. The average Bonchev–Trinajstić information content (AvgIpc) is 2.90. The van der Waals surface area contributed by atoms with E-state index >= 15 is 0 Å². The summed E-state index contributed by atoms with van der Waals surface area (Å²) in [7, 11) is 2.14. The highest BCUT2D eigenvalue weighted by Crippen LogP contribution is 2.40. The molecule has 1 fully saturated rings. The third kappa shape index (κ3) is 5.35. The lowest BCUT2D eigenvalue weighted by molar-refractivity contribution is -0.132. The van der Waals surface area contributed by atoms with Crippen LogP contribution in [-0.4, -0.2) is 71.1 Å². The molecule has 2 aromatic heterocycles. The van der Waals surface area contributed by atoms with Gasteiger partial charge in [-0.1, -0.05) is 6.92 Å². The molecule has 0 saturated carbocycles. The maximum atomic E-state index is 13.0. The van der Waals surface area contributed by atoms with Crippen molar-refractivity contribution in [3.8, 4) is 5.75 Å². The first kappa shape index (κ1) is 25.7. The number of nitrogens with one attached hydrogen (secondary N) is 2. The van der Waals surface area contributed by atoms with E-state index in [-0.39, 0.29) is 5.91 Å². The summed E-state index contributed by atoms with van der Waals surface area (Å²) in [6.07, 6.45) is 4.44. The van der Waals surface area contributed by atoms with E-state index in [4.69, 9.17) is 9.72 Å².